The molecule has 3 nitrogen and oxygen atoms in total. The third-order valence-electron chi connectivity index (χ3n) is 1.98. The fraction of sp³-hybridized carbons (Fsp3) is 0.667. The Kier molecular flexibility index (Phi) is 7.42. The van der Waals surface area contributed by atoms with Gasteiger partial charge in [0.1, 0.15) is 0 Å². The lowest BCUT2D eigenvalue weighted by Gasteiger charge is -2.08. The number of hydrogen-bond donors (Lipinski definition) is 1. The van der Waals surface area contributed by atoms with Crippen molar-refractivity contribution in [2.24, 2.45) is 0 Å². The Hall–Kier alpha value is -0.420. The molecule has 0 spiro atoms. The summed E-state index contributed by atoms with van der Waals surface area (Å²) < 4.78 is 10.8. The van der Waals surface area contributed by atoms with E-state index in [1.165, 1.54) is 4.88 Å². The Morgan fingerprint density at radius 2 is 2.19 bits per heavy atom. The minimum Gasteiger partial charge on any atom is -0.378 e. The van der Waals surface area contributed by atoms with Crippen molar-refractivity contribution in [3.8, 4) is 0 Å². The zero-order valence-electron chi connectivity index (χ0n) is 10.1. The highest BCUT2D eigenvalue weighted by molar-refractivity contribution is 7.09. The highest BCUT2D eigenvalue weighted by Gasteiger charge is 1.94. The molecule has 92 valence electrons. The molecule has 0 saturated carbocycles. The van der Waals surface area contributed by atoms with Crippen LogP contribution in [0, 0.1) is 0 Å². The largest absolute Gasteiger partial charge is 0.378 e. The molecular formula is C12H21NO2S. The van der Waals surface area contributed by atoms with Crippen molar-refractivity contribution >= 4 is 11.3 Å². The van der Waals surface area contributed by atoms with Gasteiger partial charge in [-0.15, -0.1) is 11.3 Å². The van der Waals surface area contributed by atoms with Crippen LogP contribution in [0.5, 0.6) is 0 Å². The second-order valence-electron chi connectivity index (χ2n) is 3.79. The lowest BCUT2D eigenvalue weighted by molar-refractivity contribution is 0.0204. The maximum absolute atomic E-state index is 5.42. The Morgan fingerprint density at radius 1 is 1.31 bits per heavy atom. The summed E-state index contributed by atoms with van der Waals surface area (Å²) in [7, 11) is 0. The van der Waals surface area contributed by atoms with E-state index >= 15 is 0 Å². The fourth-order valence-corrected chi connectivity index (χ4v) is 1.89. The van der Waals surface area contributed by atoms with Crippen LogP contribution in [0.25, 0.3) is 0 Å². The van der Waals surface area contributed by atoms with Gasteiger partial charge in [-0.1, -0.05) is 6.07 Å². The average molecular weight is 243 g/mol. The monoisotopic (exact) mass is 243 g/mol. The topological polar surface area (TPSA) is 30.5 Å². The maximum Gasteiger partial charge on any atom is 0.0703 e. The summed E-state index contributed by atoms with van der Waals surface area (Å²) in [6, 6.07) is 4.20. The van der Waals surface area contributed by atoms with Gasteiger partial charge in [0.05, 0.1) is 25.9 Å². The summed E-state index contributed by atoms with van der Waals surface area (Å²) >= 11 is 1.77. The number of nitrogens with one attached hydrogen (secondary N) is 1. The zero-order valence-corrected chi connectivity index (χ0v) is 10.9. The Morgan fingerprint density at radius 3 is 2.88 bits per heavy atom. The fourth-order valence-electron chi connectivity index (χ4n) is 1.21. The Balaban J connectivity index is 1.82. The van der Waals surface area contributed by atoms with Crippen LogP contribution in [-0.4, -0.2) is 32.5 Å². The number of hydrogen-bond acceptors (Lipinski definition) is 4. The molecule has 0 bridgehead atoms. The van der Waals surface area contributed by atoms with Gasteiger partial charge in [0.2, 0.25) is 0 Å². The molecule has 1 rings (SSSR count). The number of thiophene rings is 1. The first-order valence-corrected chi connectivity index (χ1v) is 6.59. The van der Waals surface area contributed by atoms with Crippen molar-refractivity contribution in [1.29, 1.82) is 0 Å². The van der Waals surface area contributed by atoms with E-state index in [4.69, 9.17) is 9.47 Å². The van der Waals surface area contributed by atoms with Gasteiger partial charge in [-0.25, -0.2) is 0 Å². The first kappa shape index (κ1) is 13.6. The van der Waals surface area contributed by atoms with Gasteiger partial charge >= 0.3 is 0 Å². The van der Waals surface area contributed by atoms with Crippen LogP contribution in [0.3, 0.4) is 0 Å². The van der Waals surface area contributed by atoms with Crippen molar-refractivity contribution in [3.63, 3.8) is 0 Å². The van der Waals surface area contributed by atoms with E-state index in [0.29, 0.717) is 19.3 Å². The molecule has 0 radical (unpaired) electrons. The van der Waals surface area contributed by atoms with Crippen molar-refractivity contribution in [3.05, 3.63) is 22.4 Å². The Labute approximate surface area is 102 Å². The normalized spacial score (nSPS) is 11.2. The summed E-state index contributed by atoms with van der Waals surface area (Å²) in [6.07, 6.45) is 0.292. The van der Waals surface area contributed by atoms with Crippen molar-refractivity contribution in [1.82, 2.24) is 5.32 Å². The van der Waals surface area contributed by atoms with E-state index in [0.717, 1.165) is 19.7 Å². The lowest BCUT2D eigenvalue weighted by atomic mass is 10.4. The molecule has 0 aromatic carbocycles. The SMILES string of the molecule is CC(C)OCCOCCNCc1cccs1. The van der Waals surface area contributed by atoms with Crippen molar-refractivity contribution < 1.29 is 9.47 Å². The van der Waals surface area contributed by atoms with Crippen LogP contribution in [0.2, 0.25) is 0 Å². The molecule has 4 heteroatoms. The predicted octanol–water partition coefficient (Wildman–Crippen LogP) is 2.28. The molecule has 0 saturated heterocycles. The standard InChI is InChI=1S/C12H21NO2S/c1-11(2)15-8-7-14-6-5-13-10-12-4-3-9-16-12/h3-4,9,11,13H,5-8,10H2,1-2H3. The number of rotatable bonds is 9. The lowest BCUT2D eigenvalue weighted by Crippen LogP contribution is -2.20. The second kappa shape index (κ2) is 8.70. The molecule has 1 aromatic rings. The molecule has 1 aromatic heterocycles. The van der Waals surface area contributed by atoms with Crippen LogP contribution in [0.15, 0.2) is 17.5 Å². The van der Waals surface area contributed by atoms with Crippen LogP contribution in [-0.2, 0) is 16.0 Å². The maximum atomic E-state index is 5.42. The van der Waals surface area contributed by atoms with E-state index in [2.05, 4.69) is 22.8 Å². The zero-order chi connectivity index (χ0) is 11.6. The smallest absolute Gasteiger partial charge is 0.0703 e. The van der Waals surface area contributed by atoms with E-state index < -0.39 is 0 Å². The Bertz CT molecular complexity index is 250. The first-order valence-electron chi connectivity index (χ1n) is 5.71. The van der Waals surface area contributed by atoms with E-state index in [9.17, 15) is 0 Å². The van der Waals surface area contributed by atoms with Crippen molar-refractivity contribution in [2.45, 2.75) is 26.5 Å². The minimum atomic E-state index is 0.292. The molecule has 0 amide bonds. The molecular weight excluding hydrogens is 222 g/mol. The van der Waals surface area contributed by atoms with Gasteiger partial charge < -0.3 is 14.8 Å². The molecule has 0 aliphatic rings. The van der Waals surface area contributed by atoms with Gasteiger partial charge in [0, 0.05) is 18.0 Å². The summed E-state index contributed by atoms with van der Waals surface area (Å²) in [6.45, 7) is 7.99. The first-order chi connectivity index (χ1) is 7.79. The van der Waals surface area contributed by atoms with E-state index in [-0.39, 0.29) is 0 Å². The molecule has 1 heterocycles. The van der Waals surface area contributed by atoms with E-state index in [1.807, 2.05) is 13.8 Å². The molecule has 1 N–H and O–H groups in total. The third-order valence-corrected chi connectivity index (χ3v) is 2.86. The summed E-state index contributed by atoms with van der Waals surface area (Å²) in [5, 5.41) is 5.43. The van der Waals surface area contributed by atoms with Crippen LogP contribution < -0.4 is 5.32 Å². The third kappa shape index (κ3) is 6.95. The van der Waals surface area contributed by atoms with Gasteiger partial charge in [-0.3, -0.25) is 0 Å². The summed E-state index contributed by atoms with van der Waals surface area (Å²) in [5.41, 5.74) is 0. The quantitative estimate of drug-likeness (QED) is 0.675. The highest BCUT2D eigenvalue weighted by atomic mass is 32.1. The molecule has 0 aliphatic carbocycles. The second-order valence-corrected chi connectivity index (χ2v) is 4.82. The molecule has 0 fully saturated rings. The highest BCUT2D eigenvalue weighted by Crippen LogP contribution is 2.06. The molecule has 16 heavy (non-hydrogen) atoms. The molecule has 0 unspecified atom stereocenters. The van der Waals surface area contributed by atoms with Gasteiger partial charge in [0.15, 0.2) is 0 Å². The average Bonchev–Trinajstić information content (AvgIpc) is 2.74. The van der Waals surface area contributed by atoms with Gasteiger partial charge in [-0.05, 0) is 25.3 Å². The number of ether oxygens (including phenoxy) is 2. The van der Waals surface area contributed by atoms with Crippen LogP contribution >= 0.6 is 11.3 Å². The van der Waals surface area contributed by atoms with Gasteiger partial charge in [-0.2, -0.15) is 0 Å². The summed E-state index contributed by atoms with van der Waals surface area (Å²) in [4.78, 5) is 1.36. The molecule has 0 atom stereocenters. The summed E-state index contributed by atoms with van der Waals surface area (Å²) in [5.74, 6) is 0. The van der Waals surface area contributed by atoms with Gasteiger partial charge in [0.25, 0.3) is 0 Å². The van der Waals surface area contributed by atoms with Crippen molar-refractivity contribution in [2.75, 3.05) is 26.4 Å². The predicted molar refractivity (Wildman–Crippen MR) is 67.9 cm³/mol. The van der Waals surface area contributed by atoms with Crippen LogP contribution in [0.1, 0.15) is 18.7 Å². The minimum absolute atomic E-state index is 0.292. The van der Waals surface area contributed by atoms with Crippen LogP contribution in [0.4, 0.5) is 0 Å². The van der Waals surface area contributed by atoms with E-state index in [1.54, 1.807) is 11.3 Å². The molecule has 0 aliphatic heterocycles.